The molecule has 0 saturated heterocycles. The first-order valence-electron chi connectivity index (χ1n) is 10.1. The quantitative estimate of drug-likeness (QED) is 0.416. The minimum atomic E-state index is -1.64. The predicted octanol–water partition coefficient (Wildman–Crippen LogP) is 3.76. The molecule has 5 aliphatic rings. The van der Waals surface area contributed by atoms with Crippen molar-refractivity contribution in [2.45, 2.75) is 62.7 Å². The first-order valence-corrected chi connectivity index (χ1v) is 10.6. The van der Waals surface area contributed by atoms with Crippen molar-refractivity contribution in [1.29, 1.82) is 0 Å². The van der Waals surface area contributed by atoms with Crippen LogP contribution in [0.5, 0.6) is 11.5 Å². The summed E-state index contributed by atoms with van der Waals surface area (Å²) in [6, 6.07) is 1.19. The minimum Gasteiger partial charge on any atom is -0.507 e. The zero-order chi connectivity index (χ0) is 22.9. The Morgan fingerprint density at radius 1 is 1.26 bits per heavy atom. The molecular weight excluding hydrogens is 420 g/mol. The number of rotatable bonds is 0. The number of carbonyl (C=O) groups excluding carboxylic acids is 2. The van der Waals surface area contributed by atoms with Crippen molar-refractivity contribution in [3.8, 4) is 11.5 Å². The third-order valence-corrected chi connectivity index (χ3v) is 7.09. The van der Waals surface area contributed by atoms with E-state index in [1.165, 1.54) is 12.1 Å². The number of aliphatic hydroxyl groups excluding tert-OH is 1. The molecule has 31 heavy (non-hydrogen) atoms. The number of benzene rings is 1. The molecule has 0 saturated carbocycles. The summed E-state index contributed by atoms with van der Waals surface area (Å²) in [5.41, 5.74) is -1.59. The lowest BCUT2D eigenvalue weighted by Gasteiger charge is -2.48. The van der Waals surface area contributed by atoms with Gasteiger partial charge >= 0.3 is 0 Å². The molecule has 1 aromatic carbocycles. The fraction of sp³-hybridized carbons (Fsp3) is 0.417. The van der Waals surface area contributed by atoms with Crippen molar-refractivity contribution in [3.63, 3.8) is 0 Å². The van der Waals surface area contributed by atoms with Crippen molar-refractivity contribution < 1.29 is 29.6 Å². The Hall–Kier alpha value is -2.41. The molecule has 3 N–H and O–H groups in total. The average Bonchev–Trinajstić information content (AvgIpc) is 2.69. The summed E-state index contributed by atoms with van der Waals surface area (Å²) in [7, 11) is 0. The van der Waals surface area contributed by atoms with Gasteiger partial charge in [0.1, 0.15) is 11.5 Å². The number of ketones is 2. The van der Waals surface area contributed by atoms with E-state index < -0.39 is 40.0 Å². The summed E-state index contributed by atoms with van der Waals surface area (Å²) in [4.78, 5) is 27.3. The van der Waals surface area contributed by atoms with Gasteiger partial charge < -0.3 is 20.1 Å². The average molecular weight is 445 g/mol. The number of halogens is 1. The highest BCUT2D eigenvalue weighted by molar-refractivity contribution is 6.30. The lowest BCUT2D eigenvalue weighted by molar-refractivity contribution is -0.103. The molecule has 1 aromatic rings. The van der Waals surface area contributed by atoms with Crippen LogP contribution in [0.3, 0.4) is 0 Å². The normalized spacial score (nSPS) is 30.2. The van der Waals surface area contributed by atoms with Gasteiger partial charge in [-0.3, -0.25) is 9.59 Å². The van der Waals surface area contributed by atoms with Gasteiger partial charge in [-0.15, -0.1) is 11.6 Å². The predicted molar refractivity (Wildman–Crippen MR) is 116 cm³/mol. The molecular formula is C24H25ClO6. The second-order valence-corrected chi connectivity index (χ2v) is 9.60. The van der Waals surface area contributed by atoms with E-state index in [0.717, 1.165) is 5.57 Å². The van der Waals surface area contributed by atoms with Crippen LogP contribution in [0.2, 0.25) is 0 Å². The number of aliphatic hydroxyl groups is 1. The first-order chi connectivity index (χ1) is 14.4. The van der Waals surface area contributed by atoms with Crippen LogP contribution in [0.25, 0.3) is 0 Å². The Bertz CT molecular complexity index is 1100. The largest absolute Gasteiger partial charge is 0.507 e. The number of hydrogen-bond donors (Lipinski definition) is 3. The van der Waals surface area contributed by atoms with Gasteiger partial charge in [-0.05, 0) is 38.8 Å². The molecule has 0 fully saturated rings. The second-order valence-electron chi connectivity index (χ2n) is 9.13. The van der Waals surface area contributed by atoms with Gasteiger partial charge in [0, 0.05) is 29.5 Å². The van der Waals surface area contributed by atoms with Gasteiger partial charge in [-0.1, -0.05) is 24.3 Å². The molecule has 3 atom stereocenters. The molecule has 6 nitrogen and oxygen atoms in total. The Balaban J connectivity index is 2.07. The Labute approximate surface area is 185 Å². The van der Waals surface area contributed by atoms with Gasteiger partial charge in [0.15, 0.2) is 11.4 Å². The fourth-order valence-electron chi connectivity index (χ4n) is 4.54. The monoisotopic (exact) mass is 444 g/mol. The van der Waals surface area contributed by atoms with E-state index in [-0.39, 0.29) is 47.3 Å². The number of Topliss-reactive ketones (excluding diaryl/α,β-unsaturated/α-hetero) is 2. The number of phenols is 2. The zero-order valence-electron chi connectivity index (χ0n) is 17.7. The van der Waals surface area contributed by atoms with E-state index in [9.17, 15) is 24.9 Å². The van der Waals surface area contributed by atoms with Crippen molar-refractivity contribution in [2.75, 3.05) is 0 Å². The highest BCUT2D eigenvalue weighted by Gasteiger charge is 2.57. The van der Waals surface area contributed by atoms with Crippen LogP contribution in [0.15, 0.2) is 41.5 Å². The summed E-state index contributed by atoms with van der Waals surface area (Å²) in [6.45, 7) is 9.17. The number of hydrogen-bond acceptors (Lipinski definition) is 6. The molecule has 164 valence electrons. The summed E-state index contributed by atoms with van der Waals surface area (Å²) >= 11 is 6.46. The van der Waals surface area contributed by atoms with E-state index in [0.29, 0.717) is 5.57 Å². The van der Waals surface area contributed by atoms with Crippen molar-refractivity contribution in [2.24, 2.45) is 0 Å². The van der Waals surface area contributed by atoms with Crippen LogP contribution in [-0.4, -0.2) is 49.6 Å². The van der Waals surface area contributed by atoms with Crippen LogP contribution in [-0.2, 0) is 11.2 Å². The summed E-state index contributed by atoms with van der Waals surface area (Å²) < 4.78 is 6.26. The maximum atomic E-state index is 13.8. The molecule has 1 aliphatic heterocycles. The third kappa shape index (κ3) is 3.16. The molecule has 0 radical (unpaired) electrons. The van der Waals surface area contributed by atoms with Crippen LogP contribution >= 0.6 is 11.6 Å². The maximum Gasteiger partial charge on any atom is 0.200 e. The van der Waals surface area contributed by atoms with Crippen LogP contribution in [0.1, 0.15) is 59.9 Å². The Kier molecular flexibility index (Phi) is 4.96. The molecule has 4 aliphatic carbocycles. The van der Waals surface area contributed by atoms with Gasteiger partial charge in [0.25, 0.3) is 0 Å². The van der Waals surface area contributed by atoms with Crippen molar-refractivity contribution in [1.82, 2.24) is 0 Å². The van der Waals surface area contributed by atoms with E-state index in [4.69, 9.17) is 16.3 Å². The SMILES string of the molecule is C=C1Cc2c(O)cc3c(c2O)C(=O)C2=CC(Cl)C(C)(C)OC2(CC=C(C)CC1O)C3=O. The lowest BCUT2D eigenvalue weighted by atomic mass is 9.69. The third-order valence-electron chi connectivity index (χ3n) is 6.44. The van der Waals surface area contributed by atoms with Crippen LogP contribution < -0.4 is 0 Å². The molecule has 4 bridgehead atoms. The molecule has 1 spiro atoms. The summed E-state index contributed by atoms with van der Waals surface area (Å²) in [6.07, 6.45) is 2.64. The molecule has 0 amide bonds. The van der Waals surface area contributed by atoms with Gasteiger partial charge in [0.2, 0.25) is 5.78 Å². The fourth-order valence-corrected chi connectivity index (χ4v) is 4.71. The Morgan fingerprint density at radius 2 is 1.94 bits per heavy atom. The molecule has 1 heterocycles. The van der Waals surface area contributed by atoms with Crippen LogP contribution in [0.4, 0.5) is 0 Å². The summed E-state index contributed by atoms with van der Waals surface area (Å²) in [5, 5.41) is 31.4. The molecule has 6 rings (SSSR count). The van der Waals surface area contributed by atoms with Crippen molar-refractivity contribution in [3.05, 3.63) is 58.2 Å². The minimum absolute atomic E-state index is 0.0393. The smallest absolute Gasteiger partial charge is 0.200 e. The highest BCUT2D eigenvalue weighted by Crippen LogP contribution is 2.50. The number of alkyl halides is 1. The van der Waals surface area contributed by atoms with Gasteiger partial charge in [-0.25, -0.2) is 0 Å². The number of fused-ring (bicyclic) bond motifs is 1. The Morgan fingerprint density at radius 3 is 2.61 bits per heavy atom. The lowest BCUT2D eigenvalue weighted by Crippen LogP contribution is -2.58. The van der Waals surface area contributed by atoms with E-state index >= 15 is 0 Å². The first kappa shape index (κ1) is 21.8. The molecule has 7 heteroatoms. The summed E-state index contributed by atoms with van der Waals surface area (Å²) in [5.74, 6) is -1.92. The van der Waals surface area contributed by atoms with E-state index in [2.05, 4.69) is 6.58 Å². The van der Waals surface area contributed by atoms with Gasteiger partial charge in [0.05, 0.1) is 22.6 Å². The molecule has 0 aromatic heterocycles. The number of ether oxygens (including phenoxy) is 1. The van der Waals surface area contributed by atoms with Gasteiger partial charge in [-0.2, -0.15) is 0 Å². The maximum absolute atomic E-state index is 13.8. The van der Waals surface area contributed by atoms with Crippen molar-refractivity contribution >= 4 is 23.2 Å². The highest BCUT2D eigenvalue weighted by atomic mass is 35.5. The number of phenolic OH excluding ortho intramolecular Hbond substituents is 2. The number of carbonyl (C=O) groups is 2. The van der Waals surface area contributed by atoms with E-state index in [1.807, 2.05) is 6.92 Å². The van der Waals surface area contributed by atoms with E-state index in [1.54, 1.807) is 19.9 Å². The standard InChI is InChI=1S/C24H25ClO6/c1-11-5-6-24-15(10-18(25)23(3,4)31-24)21(29)19-14(22(24)30)9-17(27)13(20(19)28)8-12(2)16(26)7-11/h5,9-10,16,18,26-28H,2,6-8H2,1,3-4H3. The molecule has 3 unspecified atom stereocenters. The number of aromatic hydroxyl groups is 2. The second kappa shape index (κ2) is 7.05. The zero-order valence-corrected chi connectivity index (χ0v) is 18.4. The topological polar surface area (TPSA) is 104 Å². The van der Waals surface area contributed by atoms with Crippen LogP contribution in [0, 0.1) is 0 Å².